The summed E-state index contributed by atoms with van der Waals surface area (Å²) in [5.41, 5.74) is 3.50. The molecule has 0 spiro atoms. The molecular weight excluding hydrogens is 306 g/mol. The molecule has 2 heterocycles. The molecule has 1 fully saturated rings. The summed E-state index contributed by atoms with van der Waals surface area (Å²) in [6.45, 7) is 3.38. The van der Waals surface area contributed by atoms with Gasteiger partial charge in [-0.25, -0.2) is 0 Å². The van der Waals surface area contributed by atoms with Crippen molar-refractivity contribution in [2.24, 2.45) is 5.92 Å². The predicted octanol–water partition coefficient (Wildman–Crippen LogP) is 4.34. The van der Waals surface area contributed by atoms with Crippen LogP contribution in [0.2, 0.25) is 0 Å². The number of nitrogens with zero attached hydrogens (tertiary/aromatic N) is 2. The Morgan fingerprint density at radius 1 is 1.00 bits per heavy atom. The minimum absolute atomic E-state index is 0.809. The fourth-order valence-electron chi connectivity index (χ4n) is 3.87. The lowest BCUT2D eigenvalue weighted by Gasteiger charge is -2.33. The lowest BCUT2D eigenvalue weighted by Crippen LogP contribution is -2.36. The van der Waals surface area contributed by atoms with Crippen LogP contribution in [0.1, 0.15) is 12.8 Å². The molecule has 1 aliphatic rings. The molecule has 4 rings (SSSR count). The number of nitrogens with one attached hydrogen (secondary N) is 1. The second-order valence-electron chi connectivity index (χ2n) is 6.92. The monoisotopic (exact) mass is 331 g/mol. The minimum Gasteiger partial charge on any atom is -0.370 e. The Kier molecular flexibility index (Phi) is 4.66. The normalized spacial score (nSPS) is 15.6. The summed E-state index contributed by atoms with van der Waals surface area (Å²) >= 11 is 0. The van der Waals surface area contributed by atoms with Gasteiger partial charge < -0.3 is 10.2 Å². The maximum atomic E-state index is 4.78. The molecule has 3 nitrogen and oxygen atoms in total. The van der Waals surface area contributed by atoms with Crippen LogP contribution >= 0.6 is 0 Å². The molecule has 1 aliphatic heterocycles. The summed E-state index contributed by atoms with van der Waals surface area (Å²) in [6, 6.07) is 19.3. The van der Waals surface area contributed by atoms with Gasteiger partial charge >= 0.3 is 0 Å². The van der Waals surface area contributed by atoms with Gasteiger partial charge in [0.15, 0.2) is 0 Å². The van der Waals surface area contributed by atoms with E-state index in [1.54, 1.807) is 0 Å². The smallest absolute Gasteiger partial charge is 0.0709 e. The van der Waals surface area contributed by atoms with Crippen LogP contribution in [0.5, 0.6) is 0 Å². The average molecular weight is 331 g/mol. The van der Waals surface area contributed by atoms with Crippen molar-refractivity contribution >= 4 is 16.5 Å². The van der Waals surface area contributed by atoms with E-state index < -0.39 is 0 Å². The summed E-state index contributed by atoms with van der Waals surface area (Å²) in [5, 5.41) is 5.83. The first-order chi connectivity index (χ1) is 12.3. The van der Waals surface area contributed by atoms with E-state index >= 15 is 0 Å². The van der Waals surface area contributed by atoms with Crippen molar-refractivity contribution in [3.05, 3.63) is 60.8 Å². The van der Waals surface area contributed by atoms with E-state index in [-0.39, 0.29) is 0 Å². The Morgan fingerprint density at radius 3 is 2.56 bits per heavy atom. The lowest BCUT2D eigenvalue weighted by molar-refractivity contribution is 0.393. The van der Waals surface area contributed by atoms with Gasteiger partial charge in [0, 0.05) is 18.7 Å². The van der Waals surface area contributed by atoms with Crippen LogP contribution < -0.4 is 10.2 Å². The van der Waals surface area contributed by atoms with E-state index in [0.717, 1.165) is 31.2 Å². The van der Waals surface area contributed by atoms with Crippen LogP contribution in [-0.4, -0.2) is 31.7 Å². The number of rotatable bonds is 4. The summed E-state index contributed by atoms with van der Waals surface area (Å²) < 4.78 is 0. The molecule has 1 saturated heterocycles. The van der Waals surface area contributed by atoms with Crippen LogP contribution in [0.4, 0.5) is 5.69 Å². The lowest BCUT2D eigenvalue weighted by atomic mass is 9.96. The number of piperidine rings is 1. The third-order valence-electron chi connectivity index (χ3n) is 5.29. The van der Waals surface area contributed by atoms with Crippen molar-refractivity contribution in [2.75, 3.05) is 31.6 Å². The summed E-state index contributed by atoms with van der Waals surface area (Å²) in [5.74, 6) is 0.809. The molecule has 2 aromatic carbocycles. The molecule has 128 valence electrons. The zero-order valence-corrected chi connectivity index (χ0v) is 14.8. The van der Waals surface area contributed by atoms with E-state index in [9.17, 15) is 0 Å². The van der Waals surface area contributed by atoms with Crippen molar-refractivity contribution in [1.82, 2.24) is 10.3 Å². The Bertz CT molecular complexity index is 828. The van der Waals surface area contributed by atoms with Crippen LogP contribution in [0.25, 0.3) is 22.0 Å². The zero-order chi connectivity index (χ0) is 17.1. The fraction of sp³-hybridized carbons (Fsp3) is 0.318. The van der Waals surface area contributed by atoms with Gasteiger partial charge in [-0.1, -0.05) is 42.5 Å². The number of anilines is 1. The van der Waals surface area contributed by atoms with E-state index in [2.05, 4.69) is 64.8 Å². The van der Waals surface area contributed by atoms with Gasteiger partial charge in [0.2, 0.25) is 0 Å². The highest BCUT2D eigenvalue weighted by Crippen LogP contribution is 2.29. The van der Waals surface area contributed by atoms with Gasteiger partial charge in [-0.15, -0.1) is 0 Å². The van der Waals surface area contributed by atoms with E-state index in [1.165, 1.54) is 34.9 Å². The number of hydrogen-bond acceptors (Lipinski definition) is 3. The molecule has 0 radical (unpaired) electrons. The first-order valence-corrected chi connectivity index (χ1v) is 9.19. The van der Waals surface area contributed by atoms with Crippen molar-refractivity contribution in [3.63, 3.8) is 0 Å². The number of hydrogen-bond donors (Lipinski definition) is 1. The summed E-state index contributed by atoms with van der Waals surface area (Å²) in [6.07, 6.45) is 4.55. The topological polar surface area (TPSA) is 28.2 Å². The second kappa shape index (κ2) is 7.24. The first kappa shape index (κ1) is 16.1. The SMILES string of the molecule is CNCC1CCN(c2ccc(-c3cccc4ccccc34)nc2)CC1. The molecule has 1 N–H and O–H groups in total. The molecule has 0 amide bonds. The van der Waals surface area contributed by atoms with E-state index in [4.69, 9.17) is 4.98 Å². The second-order valence-corrected chi connectivity index (χ2v) is 6.92. The average Bonchev–Trinajstić information content (AvgIpc) is 2.69. The van der Waals surface area contributed by atoms with Gasteiger partial charge in [-0.3, -0.25) is 4.98 Å². The van der Waals surface area contributed by atoms with Gasteiger partial charge in [0.05, 0.1) is 17.6 Å². The van der Waals surface area contributed by atoms with Crippen LogP contribution in [-0.2, 0) is 0 Å². The van der Waals surface area contributed by atoms with Crippen LogP contribution in [0.3, 0.4) is 0 Å². The number of pyridine rings is 1. The van der Waals surface area contributed by atoms with Crippen molar-refractivity contribution in [3.8, 4) is 11.3 Å². The van der Waals surface area contributed by atoms with Crippen LogP contribution in [0, 0.1) is 5.92 Å². The van der Waals surface area contributed by atoms with Crippen molar-refractivity contribution in [1.29, 1.82) is 0 Å². The maximum Gasteiger partial charge on any atom is 0.0709 e. The summed E-state index contributed by atoms with van der Waals surface area (Å²) in [7, 11) is 2.04. The molecule has 0 unspecified atom stereocenters. The molecule has 3 heteroatoms. The van der Waals surface area contributed by atoms with Crippen molar-refractivity contribution < 1.29 is 0 Å². The molecular formula is C22H25N3. The zero-order valence-electron chi connectivity index (χ0n) is 14.8. The summed E-state index contributed by atoms with van der Waals surface area (Å²) in [4.78, 5) is 7.24. The maximum absolute atomic E-state index is 4.78. The Hall–Kier alpha value is -2.39. The molecule has 0 atom stereocenters. The molecule has 0 aliphatic carbocycles. The third kappa shape index (κ3) is 3.38. The highest BCUT2D eigenvalue weighted by Gasteiger charge is 2.19. The largest absolute Gasteiger partial charge is 0.370 e. The highest BCUT2D eigenvalue weighted by atomic mass is 15.1. The van der Waals surface area contributed by atoms with Gasteiger partial charge in [-0.05, 0) is 55.3 Å². The Balaban J connectivity index is 1.54. The van der Waals surface area contributed by atoms with E-state index in [0.29, 0.717) is 0 Å². The molecule has 1 aromatic heterocycles. The van der Waals surface area contributed by atoms with E-state index in [1.807, 2.05) is 13.2 Å². The van der Waals surface area contributed by atoms with Crippen LogP contribution in [0.15, 0.2) is 60.8 Å². The van der Waals surface area contributed by atoms with Gasteiger partial charge in [0.25, 0.3) is 0 Å². The number of fused-ring (bicyclic) bond motifs is 1. The highest BCUT2D eigenvalue weighted by molar-refractivity contribution is 5.95. The fourth-order valence-corrected chi connectivity index (χ4v) is 3.87. The molecule has 3 aromatic rings. The number of benzene rings is 2. The van der Waals surface area contributed by atoms with Gasteiger partial charge in [0.1, 0.15) is 0 Å². The Labute approximate surface area is 149 Å². The molecule has 25 heavy (non-hydrogen) atoms. The number of aromatic nitrogens is 1. The molecule has 0 saturated carbocycles. The minimum atomic E-state index is 0.809. The third-order valence-corrected chi connectivity index (χ3v) is 5.29. The first-order valence-electron chi connectivity index (χ1n) is 9.19. The quantitative estimate of drug-likeness (QED) is 0.771. The predicted molar refractivity (Wildman–Crippen MR) is 106 cm³/mol. The standard InChI is InChI=1S/C22H25N3/c1-23-15-17-11-13-25(14-12-17)19-9-10-22(24-16-19)21-8-4-6-18-5-2-3-7-20(18)21/h2-10,16-17,23H,11-15H2,1H3. The Morgan fingerprint density at radius 2 is 1.80 bits per heavy atom. The van der Waals surface area contributed by atoms with Gasteiger partial charge in [-0.2, -0.15) is 0 Å². The molecule has 0 bridgehead atoms. The van der Waals surface area contributed by atoms with Crippen molar-refractivity contribution in [2.45, 2.75) is 12.8 Å².